The number of rotatable bonds is 9. The van der Waals surface area contributed by atoms with Gasteiger partial charge in [0, 0.05) is 10.9 Å². The van der Waals surface area contributed by atoms with Gasteiger partial charge in [-0.3, -0.25) is 9.59 Å². The van der Waals surface area contributed by atoms with Crippen LogP contribution in [-0.4, -0.2) is 50.6 Å². The zero-order valence-corrected chi connectivity index (χ0v) is 16.7. The second-order valence-electron chi connectivity index (χ2n) is 6.63. The number of thiophene rings is 1. The van der Waals surface area contributed by atoms with Crippen molar-refractivity contribution in [3.8, 4) is 0 Å². The first kappa shape index (κ1) is 20.4. The molecule has 8 heteroatoms. The molecule has 0 saturated heterocycles. The molecule has 2 amide bonds. The molecule has 1 aromatic rings. The van der Waals surface area contributed by atoms with Crippen molar-refractivity contribution in [2.45, 2.75) is 46.1 Å². The minimum absolute atomic E-state index is 0.0368. The van der Waals surface area contributed by atoms with Gasteiger partial charge in [0.1, 0.15) is 5.00 Å². The van der Waals surface area contributed by atoms with Crippen molar-refractivity contribution in [3.63, 3.8) is 0 Å². The lowest BCUT2D eigenvalue weighted by Crippen LogP contribution is -3.11. The van der Waals surface area contributed by atoms with Gasteiger partial charge in [0.2, 0.25) is 0 Å². The normalized spacial score (nSPS) is 14.6. The third kappa shape index (κ3) is 5.54. The highest BCUT2D eigenvalue weighted by atomic mass is 32.1. The Morgan fingerprint density at radius 3 is 2.42 bits per heavy atom. The molecule has 0 bridgehead atoms. The maximum Gasteiger partial charge on any atom is 0.341 e. The lowest BCUT2D eigenvalue weighted by molar-refractivity contribution is -0.862. The minimum atomic E-state index is -0.416. The molecular formula is C18H28N3O4S+. The molecule has 1 unspecified atom stereocenters. The molecule has 2 rings (SSSR count). The minimum Gasteiger partial charge on any atom is -0.462 e. The lowest BCUT2D eigenvalue weighted by Gasteiger charge is -2.13. The van der Waals surface area contributed by atoms with Gasteiger partial charge in [-0.25, -0.2) is 4.79 Å². The molecule has 3 N–H and O–H groups in total. The molecule has 0 aromatic carbocycles. The summed E-state index contributed by atoms with van der Waals surface area (Å²) in [4.78, 5) is 38.3. The molecule has 26 heavy (non-hydrogen) atoms. The van der Waals surface area contributed by atoms with E-state index in [0.29, 0.717) is 16.6 Å². The third-order valence-corrected chi connectivity index (χ3v) is 5.52. The molecule has 1 saturated carbocycles. The van der Waals surface area contributed by atoms with Gasteiger partial charge in [0.15, 0.2) is 13.1 Å². The molecule has 1 atom stereocenters. The molecule has 1 heterocycles. The van der Waals surface area contributed by atoms with Crippen molar-refractivity contribution in [3.05, 3.63) is 16.0 Å². The van der Waals surface area contributed by atoms with Crippen molar-refractivity contribution in [2.24, 2.45) is 0 Å². The average Bonchev–Trinajstić information content (AvgIpc) is 3.29. The van der Waals surface area contributed by atoms with Gasteiger partial charge in [-0.1, -0.05) is 6.92 Å². The first-order chi connectivity index (χ1) is 12.3. The molecule has 0 aliphatic heterocycles. The molecule has 1 aliphatic carbocycles. The Morgan fingerprint density at radius 2 is 1.85 bits per heavy atom. The molecular weight excluding hydrogens is 354 g/mol. The Bertz CT molecular complexity index is 682. The van der Waals surface area contributed by atoms with Crippen molar-refractivity contribution >= 4 is 34.1 Å². The number of anilines is 1. The van der Waals surface area contributed by atoms with E-state index in [9.17, 15) is 14.4 Å². The standard InChI is InChI=1S/C18H27N3O4S/c1-5-13-11(3)16(18(24)25-6-2)17(26-13)20-15(23)10-21(4)9-14(22)19-12-7-8-12/h12H,5-10H2,1-4H3,(H,19,22)(H,20,23)/p+1. The fraction of sp³-hybridized carbons (Fsp3) is 0.611. The number of hydrogen-bond acceptors (Lipinski definition) is 5. The van der Waals surface area contributed by atoms with Gasteiger partial charge in [-0.2, -0.15) is 0 Å². The van der Waals surface area contributed by atoms with Crippen LogP contribution < -0.4 is 15.5 Å². The average molecular weight is 383 g/mol. The Morgan fingerprint density at radius 1 is 1.19 bits per heavy atom. The zero-order chi connectivity index (χ0) is 19.3. The first-order valence-corrected chi connectivity index (χ1v) is 9.87. The van der Waals surface area contributed by atoms with Crippen LogP contribution in [-0.2, 0) is 20.7 Å². The van der Waals surface area contributed by atoms with Crippen LogP contribution in [0.5, 0.6) is 0 Å². The fourth-order valence-corrected chi connectivity index (χ4v) is 3.87. The number of aryl methyl sites for hydroxylation is 1. The van der Waals surface area contributed by atoms with Crippen molar-refractivity contribution in [1.82, 2.24) is 5.32 Å². The Balaban J connectivity index is 1.98. The molecule has 144 valence electrons. The fourth-order valence-electron chi connectivity index (χ4n) is 2.72. The van der Waals surface area contributed by atoms with E-state index < -0.39 is 5.97 Å². The maximum absolute atomic E-state index is 12.4. The lowest BCUT2D eigenvalue weighted by atomic mass is 10.1. The maximum atomic E-state index is 12.4. The second kappa shape index (κ2) is 9.14. The summed E-state index contributed by atoms with van der Waals surface area (Å²) in [5.74, 6) is -0.679. The van der Waals surface area contributed by atoms with E-state index in [1.54, 1.807) is 14.0 Å². The molecule has 1 aromatic heterocycles. The molecule has 7 nitrogen and oxygen atoms in total. The van der Waals surface area contributed by atoms with Crippen LogP contribution in [0.25, 0.3) is 0 Å². The number of carbonyl (C=O) groups is 3. The first-order valence-electron chi connectivity index (χ1n) is 9.05. The smallest absolute Gasteiger partial charge is 0.341 e. The molecule has 1 aliphatic rings. The van der Waals surface area contributed by atoms with Crippen LogP contribution in [0, 0.1) is 6.92 Å². The highest BCUT2D eigenvalue weighted by Crippen LogP contribution is 2.33. The van der Waals surface area contributed by atoms with E-state index in [1.165, 1.54) is 11.3 Å². The number of nitrogens with one attached hydrogen (secondary N) is 3. The Kier molecular flexibility index (Phi) is 7.16. The van der Waals surface area contributed by atoms with E-state index in [2.05, 4.69) is 10.6 Å². The van der Waals surface area contributed by atoms with Gasteiger partial charge < -0.3 is 20.3 Å². The summed E-state index contributed by atoms with van der Waals surface area (Å²) in [7, 11) is 1.80. The largest absolute Gasteiger partial charge is 0.462 e. The van der Waals surface area contributed by atoms with Crippen molar-refractivity contribution in [1.29, 1.82) is 0 Å². The summed E-state index contributed by atoms with van der Waals surface area (Å²) in [6.07, 6.45) is 2.87. The van der Waals surface area contributed by atoms with E-state index in [-0.39, 0.29) is 31.5 Å². The summed E-state index contributed by atoms with van der Waals surface area (Å²) in [6, 6.07) is 0.317. The number of amides is 2. The zero-order valence-electron chi connectivity index (χ0n) is 15.9. The van der Waals surface area contributed by atoms with Gasteiger partial charge in [0.05, 0.1) is 19.2 Å². The summed E-state index contributed by atoms with van der Waals surface area (Å²) in [6.45, 7) is 6.32. The van der Waals surface area contributed by atoms with Crippen LogP contribution in [0.15, 0.2) is 0 Å². The predicted molar refractivity (Wildman–Crippen MR) is 101 cm³/mol. The summed E-state index contributed by atoms with van der Waals surface area (Å²) in [5.41, 5.74) is 1.29. The molecule has 1 fully saturated rings. The summed E-state index contributed by atoms with van der Waals surface area (Å²) < 4.78 is 5.12. The van der Waals surface area contributed by atoms with Crippen molar-refractivity contribution < 1.29 is 24.0 Å². The highest BCUT2D eigenvalue weighted by Gasteiger charge is 2.26. The van der Waals surface area contributed by atoms with E-state index in [4.69, 9.17) is 4.74 Å². The number of quaternary nitrogens is 1. The number of esters is 1. The van der Waals surface area contributed by atoms with E-state index >= 15 is 0 Å². The van der Waals surface area contributed by atoms with Gasteiger partial charge in [-0.05, 0) is 38.7 Å². The topological polar surface area (TPSA) is 88.9 Å². The Hall–Kier alpha value is -1.93. The summed E-state index contributed by atoms with van der Waals surface area (Å²) >= 11 is 1.40. The predicted octanol–water partition coefficient (Wildman–Crippen LogP) is 0.527. The summed E-state index contributed by atoms with van der Waals surface area (Å²) in [5, 5.41) is 6.27. The molecule has 0 radical (unpaired) electrons. The van der Waals surface area contributed by atoms with Crippen LogP contribution in [0.1, 0.15) is 47.5 Å². The highest BCUT2D eigenvalue weighted by molar-refractivity contribution is 7.17. The monoisotopic (exact) mass is 382 g/mol. The SMILES string of the molecule is CCOC(=O)c1c(NC(=O)C[NH+](C)CC(=O)NC2CC2)sc(CC)c1C. The van der Waals surface area contributed by atoms with Crippen LogP contribution in [0.3, 0.4) is 0 Å². The van der Waals surface area contributed by atoms with Crippen LogP contribution >= 0.6 is 11.3 Å². The number of likely N-dealkylation sites (N-methyl/N-ethyl adjacent to an activating group) is 1. The van der Waals surface area contributed by atoms with E-state index in [1.807, 2.05) is 13.8 Å². The van der Waals surface area contributed by atoms with Crippen LogP contribution in [0.4, 0.5) is 5.00 Å². The van der Waals surface area contributed by atoms with E-state index in [0.717, 1.165) is 34.6 Å². The quantitative estimate of drug-likeness (QED) is 0.544. The molecule has 0 spiro atoms. The third-order valence-electron chi connectivity index (χ3n) is 4.17. The second-order valence-corrected chi connectivity index (χ2v) is 7.73. The number of carbonyl (C=O) groups excluding carboxylic acids is 3. The Labute approximate surface area is 158 Å². The van der Waals surface area contributed by atoms with Gasteiger partial charge in [0.25, 0.3) is 11.8 Å². The van der Waals surface area contributed by atoms with Crippen LogP contribution in [0.2, 0.25) is 0 Å². The number of ether oxygens (including phenoxy) is 1. The van der Waals surface area contributed by atoms with Gasteiger partial charge >= 0.3 is 5.97 Å². The van der Waals surface area contributed by atoms with Crippen molar-refractivity contribution in [2.75, 3.05) is 32.1 Å². The van der Waals surface area contributed by atoms with Gasteiger partial charge in [-0.15, -0.1) is 11.3 Å². The number of hydrogen-bond donors (Lipinski definition) is 3.